The van der Waals surface area contributed by atoms with Crippen molar-refractivity contribution in [2.45, 2.75) is 45.6 Å². The van der Waals surface area contributed by atoms with Crippen LogP contribution in [0, 0.1) is 5.92 Å². The summed E-state index contributed by atoms with van der Waals surface area (Å²) in [4.78, 5) is 28.8. The fourth-order valence-corrected chi connectivity index (χ4v) is 3.99. The molecule has 0 saturated carbocycles. The molecule has 0 spiro atoms. The first-order valence-corrected chi connectivity index (χ1v) is 9.88. The summed E-state index contributed by atoms with van der Waals surface area (Å²) >= 11 is 0. The van der Waals surface area contributed by atoms with E-state index < -0.39 is 0 Å². The lowest BCUT2D eigenvalue weighted by Crippen LogP contribution is -2.57. The quantitative estimate of drug-likeness (QED) is 0.875. The van der Waals surface area contributed by atoms with Crippen LogP contribution in [0.15, 0.2) is 24.3 Å². The van der Waals surface area contributed by atoms with Crippen molar-refractivity contribution in [3.05, 3.63) is 35.4 Å². The van der Waals surface area contributed by atoms with Crippen LogP contribution in [0.4, 0.5) is 0 Å². The average molecular weight is 357 g/mol. The Hall–Kier alpha value is -1.88. The molecule has 2 amide bonds. The first-order chi connectivity index (χ1) is 12.5. The molecule has 2 saturated heterocycles. The van der Waals surface area contributed by atoms with Gasteiger partial charge < -0.3 is 15.1 Å². The number of benzene rings is 1. The Morgan fingerprint density at radius 2 is 1.92 bits per heavy atom. The number of nitrogens with one attached hydrogen (secondary N) is 1. The van der Waals surface area contributed by atoms with E-state index in [-0.39, 0.29) is 17.9 Å². The van der Waals surface area contributed by atoms with Crippen LogP contribution in [0.5, 0.6) is 0 Å². The van der Waals surface area contributed by atoms with Crippen molar-refractivity contribution in [2.24, 2.45) is 5.92 Å². The molecule has 2 aliphatic rings. The van der Waals surface area contributed by atoms with E-state index >= 15 is 0 Å². The molecule has 0 bridgehead atoms. The summed E-state index contributed by atoms with van der Waals surface area (Å²) in [7, 11) is 0. The summed E-state index contributed by atoms with van der Waals surface area (Å²) in [6, 6.07) is 8.62. The van der Waals surface area contributed by atoms with Gasteiger partial charge in [-0.2, -0.15) is 0 Å². The number of piperidine rings is 1. The van der Waals surface area contributed by atoms with Crippen LogP contribution in [0.1, 0.15) is 37.8 Å². The van der Waals surface area contributed by atoms with E-state index in [0.717, 1.165) is 44.5 Å². The highest BCUT2D eigenvalue weighted by Gasteiger charge is 2.31. The van der Waals surface area contributed by atoms with Crippen molar-refractivity contribution in [3.8, 4) is 0 Å². The molecule has 26 heavy (non-hydrogen) atoms. The molecule has 2 aliphatic heterocycles. The largest absolute Gasteiger partial charge is 0.340 e. The Kier molecular flexibility index (Phi) is 6.30. The predicted octanol–water partition coefficient (Wildman–Crippen LogP) is 1.85. The van der Waals surface area contributed by atoms with E-state index in [9.17, 15) is 9.59 Å². The monoisotopic (exact) mass is 357 g/mol. The molecule has 0 aromatic heterocycles. The highest BCUT2D eigenvalue weighted by molar-refractivity contribution is 5.80. The number of carbonyl (C=O) groups excluding carboxylic acids is 2. The smallest absolute Gasteiger partial charge is 0.236 e. The summed E-state index contributed by atoms with van der Waals surface area (Å²) in [5.74, 6) is 0.977. The average Bonchev–Trinajstić information content (AvgIpc) is 2.63. The van der Waals surface area contributed by atoms with Crippen LogP contribution in [0.3, 0.4) is 0 Å². The van der Waals surface area contributed by atoms with Crippen LogP contribution in [-0.4, -0.2) is 60.4 Å². The molecule has 5 nitrogen and oxygen atoms in total. The number of amides is 2. The SMILES string of the molecule is CC(C)Cc1ccc(CC(=O)N2CCCC(N3CCNCC3=O)C2)cc1. The molecule has 5 heteroatoms. The van der Waals surface area contributed by atoms with Gasteiger partial charge in [0, 0.05) is 32.2 Å². The third kappa shape index (κ3) is 4.85. The second-order valence-electron chi connectivity index (χ2n) is 7.99. The molecule has 0 aliphatic carbocycles. The van der Waals surface area contributed by atoms with Crippen molar-refractivity contribution >= 4 is 11.8 Å². The predicted molar refractivity (Wildman–Crippen MR) is 103 cm³/mol. The lowest BCUT2D eigenvalue weighted by molar-refractivity contribution is -0.140. The van der Waals surface area contributed by atoms with Gasteiger partial charge in [0.05, 0.1) is 13.0 Å². The fraction of sp³-hybridized carbons (Fsp3) is 0.619. The van der Waals surface area contributed by atoms with Crippen LogP contribution < -0.4 is 5.32 Å². The summed E-state index contributed by atoms with van der Waals surface area (Å²) in [5, 5.41) is 3.11. The van der Waals surface area contributed by atoms with Gasteiger partial charge in [-0.25, -0.2) is 0 Å². The van der Waals surface area contributed by atoms with Gasteiger partial charge in [-0.1, -0.05) is 38.1 Å². The molecular weight excluding hydrogens is 326 g/mol. The number of likely N-dealkylation sites (tertiary alicyclic amines) is 1. The number of hydrogen-bond acceptors (Lipinski definition) is 3. The standard InChI is InChI=1S/C21H31N3O2/c1-16(2)12-17-5-7-18(8-6-17)13-20(25)23-10-3-4-19(15-23)24-11-9-22-14-21(24)26/h5-8,16,19,22H,3-4,9-15H2,1-2H3. The van der Waals surface area contributed by atoms with Crippen LogP contribution in [-0.2, 0) is 22.4 Å². The maximum absolute atomic E-state index is 12.8. The van der Waals surface area contributed by atoms with Gasteiger partial charge in [0.2, 0.25) is 11.8 Å². The zero-order chi connectivity index (χ0) is 18.5. The molecule has 1 N–H and O–H groups in total. The summed E-state index contributed by atoms with van der Waals surface area (Å²) in [6.07, 6.45) is 3.49. The van der Waals surface area contributed by atoms with Crippen LogP contribution >= 0.6 is 0 Å². The minimum atomic E-state index is 0.163. The molecule has 1 aromatic carbocycles. The normalized spacial score (nSPS) is 21.3. The minimum absolute atomic E-state index is 0.163. The Labute approximate surface area is 156 Å². The van der Waals surface area contributed by atoms with Gasteiger partial charge in [-0.05, 0) is 36.3 Å². The van der Waals surface area contributed by atoms with Crippen molar-refractivity contribution in [2.75, 3.05) is 32.7 Å². The number of hydrogen-bond donors (Lipinski definition) is 1. The van der Waals surface area contributed by atoms with E-state index in [1.807, 2.05) is 9.80 Å². The fourth-order valence-electron chi connectivity index (χ4n) is 3.99. The molecule has 1 aromatic rings. The molecule has 2 heterocycles. The van der Waals surface area contributed by atoms with Gasteiger partial charge in [0.1, 0.15) is 0 Å². The topological polar surface area (TPSA) is 52.7 Å². The molecule has 2 fully saturated rings. The van der Waals surface area contributed by atoms with E-state index in [1.165, 1.54) is 5.56 Å². The van der Waals surface area contributed by atoms with Crippen LogP contribution in [0.2, 0.25) is 0 Å². The number of carbonyl (C=O) groups is 2. The second kappa shape index (κ2) is 8.67. The Morgan fingerprint density at radius 1 is 1.19 bits per heavy atom. The maximum Gasteiger partial charge on any atom is 0.236 e. The van der Waals surface area contributed by atoms with Gasteiger partial charge in [0.25, 0.3) is 0 Å². The Bertz CT molecular complexity index is 627. The molecule has 0 radical (unpaired) electrons. The first-order valence-electron chi connectivity index (χ1n) is 9.88. The molecule has 1 atom stereocenters. The molecular formula is C21H31N3O2. The van der Waals surface area contributed by atoms with E-state index in [4.69, 9.17) is 0 Å². The highest BCUT2D eigenvalue weighted by atomic mass is 16.2. The van der Waals surface area contributed by atoms with Gasteiger partial charge in [-0.3, -0.25) is 9.59 Å². The third-order valence-corrected chi connectivity index (χ3v) is 5.34. The summed E-state index contributed by atoms with van der Waals surface area (Å²) < 4.78 is 0. The number of piperazine rings is 1. The lowest BCUT2D eigenvalue weighted by Gasteiger charge is -2.41. The zero-order valence-corrected chi connectivity index (χ0v) is 16.0. The van der Waals surface area contributed by atoms with E-state index in [1.54, 1.807) is 0 Å². The third-order valence-electron chi connectivity index (χ3n) is 5.34. The molecule has 3 rings (SSSR count). The van der Waals surface area contributed by atoms with Crippen molar-refractivity contribution in [1.29, 1.82) is 0 Å². The number of rotatable bonds is 5. The van der Waals surface area contributed by atoms with E-state index in [0.29, 0.717) is 25.4 Å². The molecule has 142 valence electrons. The second-order valence-corrected chi connectivity index (χ2v) is 7.99. The zero-order valence-electron chi connectivity index (χ0n) is 16.0. The number of nitrogens with zero attached hydrogens (tertiary/aromatic N) is 2. The van der Waals surface area contributed by atoms with Crippen LogP contribution in [0.25, 0.3) is 0 Å². The first kappa shape index (κ1) is 18.9. The minimum Gasteiger partial charge on any atom is -0.340 e. The Morgan fingerprint density at radius 3 is 2.62 bits per heavy atom. The molecule has 1 unspecified atom stereocenters. The van der Waals surface area contributed by atoms with E-state index in [2.05, 4.69) is 43.4 Å². The van der Waals surface area contributed by atoms with Gasteiger partial charge >= 0.3 is 0 Å². The van der Waals surface area contributed by atoms with Gasteiger partial charge in [-0.15, -0.1) is 0 Å². The lowest BCUT2D eigenvalue weighted by atomic mass is 10.00. The highest BCUT2D eigenvalue weighted by Crippen LogP contribution is 2.18. The van der Waals surface area contributed by atoms with Crippen molar-refractivity contribution in [3.63, 3.8) is 0 Å². The Balaban J connectivity index is 1.56. The van der Waals surface area contributed by atoms with Gasteiger partial charge in [0.15, 0.2) is 0 Å². The maximum atomic E-state index is 12.8. The summed E-state index contributed by atoms with van der Waals surface area (Å²) in [6.45, 7) is 7.94. The van der Waals surface area contributed by atoms with Crippen molar-refractivity contribution in [1.82, 2.24) is 15.1 Å². The van der Waals surface area contributed by atoms with Crippen molar-refractivity contribution < 1.29 is 9.59 Å². The summed E-state index contributed by atoms with van der Waals surface area (Å²) in [5.41, 5.74) is 2.40.